The van der Waals surface area contributed by atoms with E-state index in [9.17, 15) is 9.90 Å². The van der Waals surface area contributed by atoms with Crippen LogP contribution in [0.5, 0.6) is 0 Å². The third-order valence-electron chi connectivity index (χ3n) is 4.21. The lowest BCUT2D eigenvalue weighted by atomic mass is 9.95. The van der Waals surface area contributed by atoms with Crippen LogP contribution in [0.2, 0.25) is 0 Å². The Morgan fingerprint density at radius 1 is 1.32 bits per heavy atom. The summed E-state index contributed by atoms with van der Waals surface area (Å²) in [4.78, 5) is 16.5. The zero-order valence-corrected chi connectivity index (χ0v) is 12.5. The van der Waals surface area contributed by atoms with E-state index < -0.39 is 5.60 Å². The van der Waals surface area contributed by atoms with Crippen LogP contribution >= 0.6 is 0 Å². The fourth-order valence-corrected chi connectivity index (χ4v) is 2.85. The summed E-state index contributed by atoms with van der Waals surface area (Å²) in [5, 5.41) is 17.6. The maximum Gasteiger partial charge on any atom is 0.251 e. The number of fused-ring (bicyclic) bond motifs is 1. The van der Waals surface area contributed by atoms with E-state index in [1.54, 1.807) is 12.3 Å². The van der Waals surface area contributed by atoms with Gasteiger partial charge < -0.3 is 15.7 Å². The van der Waals surface area contributed by atoms with Crippen molar-refractivity contribution >= 4 is 16.8 Å². The van der Waals surface area contributed by atoms with Gasteiger partial charge in [0.1, 0.15) is 0 Å². The molecule has 3 N–H and O–H groups in total. The molecule has 1 aromatic heterocycles. The quantitative estimate of drug-likeness (QED) is 0.802. The molecule has 1 aliphatic heterocycles. The van der Waals surface area contributed by atoms with Crippen LogP contribution in [0, 0.1) is 0 Å². The third kappa shape index (κ3) is 3.43. The topological polar surface area (TPSA) is 74.2 Å². The second kappa shape index (κ2) is 6.42. The highest BCUT2D eigenvalue weighted by atomic mass is 16.3. The zero-order valence-electron chi connectivity index (χ0n) is 12.5. The van der Waals surface area contributed by atoms with E-state index in [2.05, 4.69) is 15.6 Å². The number of rotatable bonds is 3. The van der Waals surface area contributed by atoms with Crippen LogP contribution in [0.15, 0.2) is 36.5 Å². The van der Waals surface area contributed by atoms with Gasteiger partial charge in [-0.15, -0.1) is 0 Å². The number of nitrogens with zero attached hydrogens (tertiary/aromatic N) is 1. The molecular formula is C17H21N3O2. The Morgan fingerprint density at radius 2 is 2.23 bits per heavy atom. The van der Waals surface area contributed by atoms with Crippen molar-refractivity contribution in [1.82, 2.24) is 15.6 Å². The summed E-state index contributed by atoms with van der Waals surface area (Å²) in [5.74, 6) is -0.156. The fraction of sp³-hybridized carbons (Fsp3) is 0.412. The van der Waals surface area contributed by atoms with Gasteiger partial charge in [-0.25, -0.2) is 0 Å². The molecule has 1 amide bonds. The van der Waals surface area contributed by atoms with Crippen LogP contribution in [0.4, 0.5) is 0 Å². The van der Waals surface area contributed by atoms with E-state index in [1.807, 2.05) is 24.3 Å². The highest BCUT2D eigenvalue weighted by Gasteiger charge is 2.28. The van der Waals surface area contributed by atoms with E-state index in [-0.39, 0.29) is 5.91 Å². The first kappa shape index (κ1) is 14.9. The Hall–Kier alpha value is -1.98. The van der Waals surface area contributed by atoms with Gasteiger partial charge in [-0.1, -0.05) is 6.07 Å². The number of nitrogens with one attached hydrogen (secondary N) is 2. The van der Waals surface area contributed by atoms with Crippen molar-refractivity contribution in [2.24, 2.45) is 0 Å². The summed E-state index contributed by atoms with van der Waals surface area (Å²) in [7, 11) is 0. The van der Waals surface area contributed by atoms with Crippen LogP contribution in [0.25, 0.3) is 10.9 Å². The molecule has 0 saturated carbocycles. The van der Waals surface area contributed by atoms with Gasteiger partial charge in [0, 0.05) is 23.7 Å². The Bertz CT molecular complexity index is 664. The lowest BCUT2D eigenvalue weighted by Crippen LogP contribution is -2.43. The fourth-order valence-electron chi connectivity index (χ4n) is 2.85. The van der Waals surface area contributed by atoms with E-state index in [1.165, 1.54) is 0 Å². The average molecular weight is 299 g/mol. The first-order chi connectivity index (χ1) is 10.7. The van der Waals surface area contributed by atoms with Gasteiger partial charge in [0.15, 0.2) is 0 Å². The SMILES string of the molecule is O=C(NC[C@]1(O)CCCNCC1)c1ccc2ncccc2c1. The van der Waals surface area contributed by atoms with Crippen molar-refractivity contribution in [2.45, 2.75) is 24.9 Å². The molecule has 1 atom stereocenters. The van der Waals surface area contributed by atoms with Crippen molar-refractivity contribution < 1.29 is 9.90 Å². The van der Waals surface area contributed by atoms with E-state index in [4.69, 9.17) is 0 Å². The maximum atomic E-state index is 12.3. The molecule has 0 radical (unpaired) electrons. The van der Waals surface area contributed by atoms with Gasteiger partial charge in [0.05, 0.1) is 11.1 Å². The number of pyridine rings is 1. The summed E-state index contributed by atoms with van der Waals surface area (Å²) in [6.45, 7) is 2.00. The summed E-state index contributed by atoms with van der Waals surface area (Å²) < 4.78 is 0. The number of aromatic nitrogens is 1. The highest BCUT2D eigenvalue weighted by molar-refractivity contribution is 5.97. The molecule has 0 bridgehead atoms. The number of hydrogen-bond acceptors (Lipinski definition) is 4. The van der Waals surface area contributed by atoms with Crippen LogP contribution < -0.4 is 10.6 Å². The molecule has 22 heavy (non-hydrogen) atoms. The minimum atomic E-state index is -0.808. The molecule has 3 rings (SSSR count). The van der Waals surface area contributed by atoms with Gasteiger partial charge in [0.25, 0.3) is 5.91 Å². The molecule has 0 unspecified atom stereocenters. The highest BCUT2D eigenvalue weighted by Crippen LogP contribution is 2.19. The average Bonchev–Trinajstić information content (AvgIpc) is 2.77. The van der Waals surface area contributed by atoms with Crippen molar-refractivity contribution in [3.8, 4) is 0 Å². The Labute approximate surface area is 129 Å². The van der Waals surface area contributed by atoms with E-state index in [0.29, 0.717) is 24.9 Å². The van der Waals surface area contributed by atoms with Crippen molar-refractivity contribution in [3.63, 3.8) is 0 Å². The van der Waals surface area contributed by atoms with E-state index in [0.717, 1.165) is 30.4 Å². The normalized spacial score (nSPS) is 22.2. The predicted octanol–water partition coefficient (Wildman–Crippen LogP) is 1.47. The van der Waals surface area contributed by atoms with Crippen molar-refractivity contribution in [1.29, 1.82) is 0 Å². The molecular weight excluding hydrogens is 278 g/mol. The lowest BCUT2D eigenvalue weighted by Gasteiger charge is -2.26. The zero-order chi connectivity index (χ0) is 15.4. The molecule has 2 aromatic rings. The molecule has 1 aromatic carbocycles. The van der Waals surface area contributed by atoms with Crippen LogP contribution in [0.1, 0.15) is 29.6 Å². The van der Waals surface area contributed by atoms with Gasteiger partial charge in [-0.3, -0.25) is 9.78 Å². The van der Waals surface area contributed by atoms with Gasteiger partial charge in [-0.2, -0.15) is 0 Å². The number of amides is 1. The van der Waals surface area contributed by atoms with Gasteiger partial charge in [-0.05, 0) is 56.6 Å². The molecule has 2 heterocycles. The van der Waals surface area contributed by atoms with Crippen molar-refractivity contribution in [3.05, 3.63) is 42.1 Å². The van der Waals surface area contributed by atoms with Gasteiger partial charge in [0.2, 0.25) is 0 Å². The molecule has 116 valence electrons. The number of benzene rings is 1. The molecule has 1 aliphatic rings. The Balaban J connectivity index is 1.67. The number of carbonyl (C=O) groups is 1. The Morgan fingerprint density at radius 3 is 3.14 bits per heavy atom. The minimum Gasteiger partial charge on any atom is -0.388 e. The monoisotopic (exact) mass is 299 g/mol. The van der Waals surface area contributed by atoms with Crippen molar-refractivity contribution in [2.75, 3.05) is 19.6 Å². The molecule has 1 fully saturated rings. The van der Waals surface area contributed by atoms with Crippen LogP contribution in [-0.4, -0.2) is 41.2 Å². The van der Waals surface area contributed by atoms with Crippen LogP contribution in [0.3, 0.4) is 0 Å². The summed E-state index contributed by atoms with van der Waals surface area (Å²) in [6, 6.07) is 9.23. The molecule has 0 spiro atoms. The lowest BCUT2D eigenvalue weighted by molar-refractivity contribution is 0.0276. The van der Waals surface area contributed by atoms with Crippen LogP contribution in [-0.2, 0) is 0 Å². The number of carbonyl (C=O) groups excluding carboxylic acids is 1. The Kier molecular flexibility index (Phi) is 4.36. The van der Waals surface area contributed by atoms with Gasteiger partial charge >= 0.3 is 0 Å². The largest absolute Gasteiger partial charge is 0.388 e. The number of hydrogen-bond donors (Lipinski definition) is 3. The molecule has 5 nitrogen and oxygen atoms in total. The molecule has 1 saturated heterocycles. The maximum absolute atomic E-state index is 12.3. The predicted molar refractivity (Wildman–Crippen MR) is 85.7 cm³/mol. The second-order valence-electron chi connectivity index (χ2n) is 5.92. The summed E-state index contributed by atoms with van der Waals surface area (Å²) in [5.41, 5.74) is 0.653. The molecule has 0 aliphatic carbocycles. The smallest absolute Gasteiger partial charge is 0.251 e. The standard InChI is InChI=1S/C17H21N3O2/c21-16(20-12-17(22)6-2-8-18-10-7-17)14-4-5-15-13(11-14)3-1-9-19-15/h1,3-5,9,11,18,22H,2,6-8,10,12H2,(H,20,21)/t17-/m0/s1. The first-order valence-corrected chi connectivity index (χ1v) is 7.72. The first-order valence-electron chi connectivity index (χ1n) is 7.72. The second-order valence-corrected chi connectivity index (χ2v) is 5.92. The summed E-state index contributed by atoms with van der Waals surface area (Å²) in [6.07, 6.45) is 4.03. The number of aliphatic hydroxyl groups is 1. The minimum absolute atomic E-state index is 0.156. The van der Waals surface area contributed by atoms with E-state index >= 15 is 0 Å². The molecule has 5 heteroatoms. The third-order valence-corrected chi connectivity index (χ3v) is 4.21. The summed E-state index contributed by atoms with van der Waals surface area (Å²) >= 11 is 0.